The normalized spacial score (nSPS) is 17.6. The van der Waals surface area contributed by atoms with Gasteiger partial charge in [0.25, 0.3) is 0 Å². The maximum atomic E-state index is 12.2. The molecule has 0 N–H and O–H groups in total. The number of carbonyl (C=O) groups is 1. The number of nitrogens with zero attached hydrogens (tertiary/aromatic N) is 1. The molecule has 1 amide bonds. The molecule has 98 valence electrons. The molecule has 1 aliphatic rings. The van der Waals surface area contributed by atoms with Crippen LogP contribution in [0.25, 0.3) is 0 Å². The average molecular weight is 288 g/mol. The molecule has 0 bridgehead atoms. The second kappa shape index (κ2) is 5.91. The summed E-state index contributed by atoms with van der Waals surface area (Å²) in [4.78, 5) is 13.9. The number of halogens is 2. The standard InChI is InChI=1S/C13H15Cl2NO2/c1-9-2-3-10(8-11(9)14)12(15)13(17)16-4-6-18-7-5-16/h2-3,8,12H,4-7H2,1H3. The number of alkyl halides is 1. The fourth-order valence-corrected chi connectivity index (χ4v) is 2.32. The molecule has 0 saturated carbocycles. The van der Waals surface area contributed by atoms with E-state index in [1.54, 1.807) is 11.0 Å². The summed E-state index contributed by atoms with van der Waals surface area (Å²) in [5.74, 6) is -0.0834. The maximum Gasteiger partial charge on any atom is 0.245 e. The third-order valence-corrected chi connectivity index (χ3v) is 3.87. The predicted octanol–water partition coefficient (Wildman–Crippen LogP) is 2.79. The molecule has 5 heteroatoms. The molecule has 1 atom stereocenters. The van der Waals surface area contributed by atoms with E-state index in [0.717, 1.165) is 11.1 Å². The van der Waals surface area contributed by atoms with Crippen LogP contribution >= 0.6 is 23.2 Å². The first kappa shape index (κ1) is 13.7. The van der Waals surface area contributed by atoms with Crippen molar-refractivity contribution in [1.82, 2.24) is 4.90 Å². The van der Waals surface area contributed by atoms with Gasteiger partial charge < -0.3 is 9.64 Å². The van der Waals surface area contributed by atoms with E-state index in [4.69, 9.17) is 27.9 Å². The molecule has 1 heterocycles. The topological polar surface area (TPSA) is 29.5 Å². The monoisotopic (exact) mass is 287 g/mol. The Labute approximate surface area is 117 Å². The molecule has 2 rings (SSSR count). The molecule has 0 aromatic heterocycles. The summed E-state index contributed by atoms with van der Waals surface area (Å²) in [7, 11) is 0. The number of ether oxygens (including phenoxy) is 1. The first-order valence-corrected chi connectivity index (χ1v) is 6.67. The summed E-state index contributed by atoms with van der Waals surface area (Å²) in [6.07, 6.45) is 0. The van der Waals surface area contributed by atoms with Crippen molar-refractivity contribution >= 4 is 29.1 Å². The Morgan fingerprint density at radius 3 is 2.67 bits per heavy atom. The molecular formula is C13H15Cl2NO2. The number of hydrogen-bond acceptors (Lipinski definition) is 2. The first-order valence-electron chi connectivity index (χ1n) is 5.86. The second-order valence-corrected chi connectivity index (χ2v) is 5.15. The Kier molecular flexibility index (Phi) is 4.49. The number of rotatable bonds is 2. The average Bonchev–Trinajstić information content (AvgIpc) is 2.41. The van der Waals surface area contributed by atoms with Gasteiger partial charge in [-0.25, -0.2) is 0 Å². The number of aryl methyl sites for hydroxylation is 1. The Morgan fingerprint density at radius 1 is 1.39 bits per heavy atom. The van der Waals surface area contributed by atoms with E-state index in [1.165, 1.54) is 0 Å². The van der Waals surface area contributed by atoms with Crippen molar-refractivity contribution in [1.29, 1.82) is 0 Å². The molecule has 0 spiro atoms. The third kappa shape index (κ3) is 2.97. The summed E-state index contributed by atoms with van der Waals surface area (Å²) in [6, 6.07) is 5.48. The van der Waals surface area contributed by atoms with E-state index in [2.05, 4.69) is 0 Å². The van der Waals surface area contributed by atoms with Gasteiger partial charge in [0.2, 0.25) is 5.91 Å². The van der Waals surface area contributed by atoms with Crippen molar-refractivity contribution in [2.45, 2.75) is 12.3 Å². The van der Waals surface area contributed by atoms with Crippen molar-refractivity contribution in [3.05, 3.63) is 34.3 Å². The van der Waals surface area contributed by atoms with Crippen LogP contribution in [0.3, 0.4) is 0 Å². The van der Waals surface area contributed by atoms with Gasteiger partial charge in [0.15, 0.2) is 0 Å². The number of morpholine rings is 1. The molecule has 1 unspecified atom stereocenters. The lowest BCUT2D eigenvalue weighted by Gasteiger charge is -2.28. The van der Waals surface area contributed by atoms with E-state index < -0.39 is 5.38 Å². The maximum absolute atomic E-state index is 12.2. The van der Waals surface area contributed by atoms with Crippen LogP contribution in [0.5, 0.6) is 0 Å². The molecule has 0 aliphatic carbocycles. The largest absolute Gasteiger partial charge is 0.378 e. The Balaban J connectivity index is 2.11. The van der Waals surface area contributed by atoms with Crippen LogP contribution in [0.2, 0.25) is 5.02 Å². The second-order valence-electron chi connectivity index (χ2n) is 4.31. The van der Waals surface area contributed by atoms with Crippen LogP contribution in [-0.4, -0.2) is 37.1 Å². The van der Waals surface area contributed by atoms with Gasteiger partial charge in [-0.2, -0.15) is 0 Å². The zero-order chi connectivity index (χ0) is 13.1. The van der Waals surface area contributed by atoms with Crippen molar-refractivity contribution in [2.24, 2.45) is 0 Å². The quantitative estimate of drug-likeness (QED) is 0.783. The van der Waals surface area contributed by atoms with Crippen molar-refractivity contribution in [3.63, 3.8) is 0 Å². The lowest BCUT2D eigenvalue weighted by molar-refractivity contribution is -0.134. The highest BCUT2D eigenvalue weighted by molar-refractivity contribution is 6.33. The van der Waals surface area contributed by atoms with Crippen LogP contribution in [-0.2, 0) is 9.53 Å². The van der Waals surface area contributed by atoms with Gasteiger partial charge in [0, 0.05) is 18.1 Å². The minimum absolute atomic E-state index is 0.0834. The summed E-state index contributed by atoms with van der Waals surface area (Å²) >= 11 is 12.3. The number of carbonyl (C=O) groups excluding carboxylic acids is 1. The highest BCUT2D eigenvalue weighted by atomic mass is 35.5. The molecule has 0 radical (unpaired) electrons. The third-order valence-electron chi connectivity index (χ3n) is 3.03. The van der Waals surface area contributed by atoms with E-state index >= 15 is 0 Å². The molecule has 1 aliphatic heterocycles. The minimum Gasteiger partial charge on any atom is -0.378 e. The SMILES string of the molecule is Cc1ccc(C(Cl)C(=O)N2CCOCC2)cc1Cl. The molecule has 1 aromatic rings. The first-order chi connectivity index (χ1) is 8.59. The Hall–Kier alpha value is -0.770. The molecule has 1 aromatic carbocycles. The van der Waals surface area contributed by atoms with E-state index in [9.17, 15) is 4.79 Å². The zero-order valence-corrected chi connectivity index (χ0v) is 11.7. The van der Waals surface area contributed by atoms with Crippen LogP contribution < -0.4 is 0 Å². The summed E-state index contributed by atoms with van der Waals surface area (Å²) < 4.78 is 5.21. The summed E-state index contributed by atoms with van der Waals surface area (Å²) in [6.45, 7) is 4.26. The van der Waals surface area contributed by atoms with Gasteiger partial charge in [-0.3, -0.25) is 4.79 Å². The van der Waals surface area contributed by atoms with Crippen molar-refractivity contribution in [3.8, 4) is 0 Å². The fraction of sp³-hybridized carbons (Fsp3) is 0.462. The zero-order valence-electron chi connectivity index (χ0n) is 10.2. The highest BCUT2D eigenvalue weighted by Gasteiger charge is 2.25. The van der Waals surface area contributed by atoms with Crippen LogP contribution in [0, 0.1) is 6.92 Å². The lowest BCUT2D eigenvalue weighted by atomic mass is 10.1. The van der Waals surface area contributed by atoms with Gasteiger partial charge in [-0.1, -0.05) is 23.7 Å². The van der Waals surface area contributed by atoms with E-state index in [-0.39, 0.29) is 5.91 Å². The number of amides is 1. The lowest BCUT2D eigenvalue weighted by Crippen LogP contribution is -2.42. The van der Waals surface area contributed by atoms with Gasteiger partial charge in [0.05, 0.1) is 13.2 Å². The van der Waals surface area contributed by atoms with Gasteiger partial charge in [-0.15, -0.1) is 11.6 Å². The van der Waals surface area contributed by atoms with Gasteiger partial charge >= 0.3 is 0 Å². The van der Waals surface area contributed by atoms with Gasteiger partial charge in [0.1, 0.15) is 5.38 Å². The molecule has 1 saturated heterocycles. The highest BCUT2D eigenvalue weighted by Crippen LogP contribution is 2.27. The summed E-state index contributed by atoms with van der Waals surface area (Å²) in [5, 5.41) is -0.0471. The molecule has 18 heavy (non-hydrogen) atoms. The summed E-state index contributed by atoms with van der Waals surface area (Å²) in [5.41, 5.74) is 1.71. The van der Waals surface area contributed by atoms with E-state index in [0.29, 0.717) is 31.3 Å². The van der Waals surface area contributed by atoms with E-state index in [1.807, 2.05) is 19.1 Å². The van der Waals surface area contributed by atoms with Crippen molar-refractivity contribution in [2.75, 3.05) is 26.3 Å². The molecule has 3 nitrogen and oxygen atoms in total. The smallest absolute Gasteiger partial charge is 0.245 e. The van der Waals surface area contributed by atoms with Crippen LogP contribution in [0.1, 0.15) is 16.5 Å². The number of benzene rings is 1. The fourth-order valence-electron chi connectivity index (χ4n) is 1.85. The van der Waals surface area contributed by atoms with Gasteiger partial charge in [-0.05, 0) is 24.1 Å². The molecular weight excluding hydrogens is 273 g/mol. The Bertz CT molecular complexity index is 445. The minimum atomic E-state index is -0.679. The number of hydrogen-bond donors (Lipinski definition) is 0. The van der Waals surface area contributed by atoms with Crippen LogP contribution in [0.15, 0.2) is 18.2 Å². The van der Waals surface area contributed by atoms with Crippen molar-refractivity contribution < 1.29 is 9.53 Å². The predicted molar refractivity (Wildman–Crippen MR) is 72.2 cm³/mol. The Morgan fingerprint density at radius 2 is 2.06 bits per heavy atom. The van der Waals surface area contributed by atoms with Crippen LogP contribution in [0.4, 0.5) is 0 Å². The molecule has 1 fully saturated rings.